The minimum absolute atomic E-state index is 0.294. The van der Waals surface area contributed by atoms with Gasteiger partial charge in [-0.1, -0.05) is 31.2 Å². The van der Waals surface area contributed by atoms with E-state index in [-0.39, 0.29) is 0 Å². The number of aromatic nitrogens is 2. The van der Waals surface area contributed by atoms with Crippen molar-refractivity contribution in [1.82, 2.24) is 20.2 Å². The molecule has 1 unspecified atom stereocenters. The largest absolute Gasteiger partial charge is 0.508 e. The van der Waals surface area contributed by atoms with E-state index in [4.69, 9.17) is 4.98 Å². The molecule has 0 amide bonds. The molecule has 6 nitrogen and oxygen atoms in total. The maximum Gasteiger partial charge on any atom is 0.223 e. The Morgan fingerprint density at radius 2 is 2.06 bits per heavy atom. The molecule has 0 saturated carbocycles. The maximum atomic E-state index is 9.62. The van der Waals surface area contributed by atoms with Crippen molar-refractivity contribution in [2.75, 3.05) is 31.5 Å². The van der Waals surface area contributed by atoms with Crippen molar-refractivity contribution in [3.8, 4) is 17.0 Å². The van der Waals surface area contributed by atoms with Crippen molar-refractivity contribution in [1.29, 1.82) is 0 Å². The lowest BCUT2D eigenvalue weighted by Crippen LogP contribution is -2.50. The van der Waals surface area contributed by atoms with Crippen LogP contribution in [0, 0.1) is 6.92 Å². The fraction of sp³-hybridized carbons (Fsp3) is 0.385. The summed E-state index contributed by atoms with van der Waals surface area (Å²) in [5.41, 5.74) is 5.71. The van der Waals surface area contributed by atoms with Gasteiger partial charge in [0.05, 0.1) is 5.69 Å². The Hall–Kier alpha value is -2.96. The molecule has 4 rings (SSSR count). The van der Waals surface area contributed by atoms with Crippen LogP contribution in [0.1, 0.15) is 30.0 Å². The summed E-state index contributed by atoms with van der Waals surface area (Å²) in [5.74, 6) is 0.919. The number of nitrogens with zero attached hydrogens (tertiary/aromatic N) is 3. The molecule has 1 aromatic heterocycles. The lowest BCUT2D eigenvalue weighted by Gasteiger charge is -2.35. The van der Waals surface area contributed by atoms with Crippen molar-refractivity contribution in [3.05, 3.63) is 71.4 Å². The Bertz CT molecular complexity index is 1040. The quantitative estimate of drug-likeness (QED) is 0.501. The number of hydrogen-bond acceptors (Lipinski definition) is 6. The van der Waals surface area contributed by atoms with E-state index in [1.54, 1.807) is 12.1 Å². The lowest BCUT2D eigenvalue weighted by atomic mass is 10.0. The van der Waals surface area contributed by atoms with Crippen LogP contribution in [-0.4, -0.2) is 52.2 Å². The van der Waals surface area contributed by atoms with E-state index in [1.165, 1.54) is 11.1 Å². The SMILES string of the molecule is CCC1CNCCN1Cc1ccc(C)c(-c2ccnc(NCCc3cccc(O)c3)n2)c1. The number of phenols is 1. The first-order valence-electron chi connectivity index (χ1n) is 11.5. The number of rotatable bonds is 8. The van der Waals surface area contributed by atoms with Gasteiger partial charge in [0.2, 0.25) is 5.95 Å². The van der Waals surface area contributed by atoms with Gasteiger partial charge in [-0.25, -0.2) is 9.97 Å². The van der Waals surface area contributed by atoms with Crippen LogP contribution in [0.5, 0.6) is 5.75 Å². The Labute approximate surface area is 190 Å². The van der Waals surface area contributed by atoms with E-state index in [9.17, 15) is 5.11 Å². The van der Waals surface area contributed by atoms with Gasteiger partial charge < -0.3 is 15.7 Å². The molecule has 3 N–H and O–H groups in total. The topological polar surface area (TPSA) is 73.3 Å². The number of nitrogens with one attached hydrogen (secondary N) is 2. The number of benzene rings is 2. The predicted molar refractivity (Wildman–Crippen MR) is 130 cm³/mol. The molecule has 2 aromatic carbocycles. The average Bonchev–Trinajstić information content (AvgIpc) is 2.81. The monoisotopic (exact) mass is 431 g/mol. The van der Waals surface area contributed by atoms with E-state index in [2.05, 4.69) is 52.6 Å². The first-order valence-corrected chi connectivity index (χ1v) is 11.5. The van der Waals surface area contributed by atoms with Crippen LogP contribution in [-0.2, 0) is 13.0 Å². The molecule has 3 aromatic rings. The molecule has 2 heterocycles. The molecule has 0 radical (unpaired) electrons. The van der Waals surface area contributed by atoms with Crippen LogP contribution in [0.4, 0.5) is 5.95 Å². The second-order valence-electron chi connectivity index (χ2n) is 8.50. The Balaban J connectivity index is 1.45. The summed E-state index contributed by atoms with van der Waals surface area (Å²) in [7, 11) is 0. The van der Waals surface area contributed by atoms with E-state index >= 15 is 0 Å². The third-order valence-electron chi connectivity index (χ3n) is 6.17. The normalized spacial score (nSPS) is 16.8. The fourth-order valence-corrected chi connectivity index (χ4v) is 4.32. The highest BCUT2D eigenvalue weighted by atomic mass is 16.3. The van der Waals surface area contributed by atoms with Crippen molar-refractivity contribution >= 4 is 5.95 Å². The first-order chi connectivity index (χ1) is 15.6. The second kappa shape index (κ2) is 10.6. The number of hydrogen-bond donors (Lipinski definition) is 3. The highest BCUT2D eigenvalue weighted by molar-refractivity contribution is 5.65. The standard InChI is InChI=1S/C26H33N5O/c1-3-22-17-27-13-14-31(22)18-21-8-7-19(2)24(16-21)25-10-12-29-26(30-25)28-11-9-20-5-4-6-23(32)15-20/h4-8,10,12,15-16,22,27,32H,3,9,11,13-14,17-18H2,1-2H3,(H,28,29,30). The molecule has 168 valence electrons. The van der Waals surface area contributed by atoms with Gasteiger partial charge in [-0.15, -0.1) is 0 Å². The van der Waals surface area contributed by atoms with E-state index in [0.717, 1.165) is 55.8 Å². The summed E-state index contributed by atoms with van der Waals surface area (Å²) in [5, 5.41) is 16.4. The van der Waals surface area contributed by atoms with Crippen LogP contribution in [0.25, 0.3) is 11.3 Å². The zero-order chi connectivity index (χ0) is 22.3. The molecule has 1 aliphatic heterocycles. The Morgan fingerprint density at radius 3 is 2.91 bits per heavy atom. The zero-order valence-electron chi connectivity index (χ0n) is 19.0. The molecule has 32 heavy (non-hydrogen) atoms. The lowest BCUT2D eigenvalue weighted by molar-refractivity contribution is 0.149. The molecule has 0 spiro atoms. The van der Waals surface area contributed by atoms with Gasteiger partial charge >= 0.3 is 0 Å². The number of aromatic hydroxyl groups is 1. The van der Waals surface area contributed by atoms with Crippen molar-refractivity contribution in [3.63, 3.8) is 0 Å². The molecule has 1 aliphatic rings. The summed E-state index contributed by atoms with van der Waals surface area (Å²) < 4.78 is 0. The van der Waals surface area contributed by atoms with Gasteiger partial charge in [0, 0.05) is 50.5 Å². The van der Waals surface area contributed by atoms with E-state index in [0.29, 0.717) is 24.3 Å². The van der Waals surface area contributed by atoms with Gasteiger partial charge in [0.15, 0.2) is 0 Å². The second-order valence-corrected chi connectivity index (χ2v) is 8.50. The average molecular weight is 432 g/mol. The third-order valence-corrected chi connectivity index (χ3v) is 6.17. The van der Waals surface area contributed by atoms with Crippen LogP contribution in [0.2, 0.25) is 0 Å². The molecule has 1 saturated heterocycles. The third kappa shape index (κ3) is 5.64. The van der Waals surface area contributed by atoms with Gasteiger partial charge in [-0.05, 0) is 60.7 Å². The Morgan fingerprint density at radius 1 is 1.16 bits per heavy atom. The molecule has 0 aliphatic carbocycles. The van der Waals surface area contributed by atoms with E-state index < -0.39 is 0 Å². The van der Waals surface area contributed by atoms with E-state index in [1.807, 2.05) is 24.4 Å². The number of anilines is 1. The van der Waals surface area contributed by atoms with Crippen LogP contribution < -0.4 is 10.6 Å². The highest BCUT2D eigenvalue weighted by Crippen LogP contribution is 2.25. The summed E-state index contributed by atoms with van der Waals surface area (Å²) in [6, 6.07) is 16.6. The maximum absolute atomic E-state index is 9.62. The summed E-state index contributed by atoms with van der Waals surface area (Å²) in [4.78, 5) is 11.8. The fourth-order valence-electron chi connectivity index (χ4n) is 4.32. The van der Waals surface area contributed by atoms with Crippen LogP contribution in [0.15, 0.2) is 54.7 Å². The number of piperazine rings is 1. The van der Waals surface area contributed by atoms with Crippen molar-refractivity contribution in [2.45, 2.75) is 39.3 Å². The number of phenolic OH excluding ortho intramolecular Hbond substituents is 1. The summed E-state index contributed by atoms with van der Waals surface area (Å²) in [6.45, 7) is 9.28. The first kappa shape index (κ1) is 22.2. The highest BCUT2D eigenvalue weighted by Gasteiger charge is 2.20. The smallest absolute Gasteiger partial charge is 0.223 e. The zero-order valence-corrected chi connectivity index (χ0v) is 19.0. The number of aryl methyl sites for hydroxylation is 1. The minimum atomic E-state index is 0.294. The summed E-state index contributed by atoms with van der Waals surface area (Å²) in [6.07, 6.45) is 3.77. The molecular formula is C26H33N5O. The Kier molecular flexibility index (Phi) is 7.35. The van der Waals surface area contributed by atoms with Crippen molar-refractivity contribution < 1.29 is 5.11 Å². The van der Waals surface area contributed by atoms with Crippen LogP contribution in [0.3, 0.4) is 0 Å². The molecule has 6 heteroatoms. The molecule has 0 bridgehead atoms. The minimum Gasteiger partial charge on any atom is -0.508 e. The van der Waals surface area contributed by atoms with Gasteiger partial charge in [0.25, 0.3) is 0 Å². The summed E-state index contributed by atoms with van der Waals surface area (Å²) >= 11 is 0. The van der Waals surface area contributed by atoms with Crippen LogP contribution >= 0.6 is 0 Å². The molecule has 1 fully saturated rings. The predicted octanol–water partition coefficient (Wildman–Crippen LogP) is 4.00. The molecular weight excluding hydrogens is 398 g/mol. The molecule has 1 atom stereocenters. The van der Waals surface area contributed by atoms with Crippen molar-refractivity contribution in [2.24, 2.45) is 0 Å². The van der Waals surface area contributed by atoms with Gasteiger partial charge in [0.1, 0.15) is 5.75 Å². The van der Waals surface area contributed by atoms with Gasteiger partial charge in [-0.2, -0.15) is 0 Å². The van der Waals surface area contributed by atoms with Gasteiger partial charge in [-0.3, -0.25) is 4.90 Å².